The Hall–Kier alpha value is -0.820. The summed E-state index contributed by atoms with van der Waals surface area (Å²) in [7, 11) is 0. The summed E-state index contributed by atoms with van der Waals surface area (Å²) in [6.45, 7) is 11.2. The third-order valence-corrected chi connectivity index (χ3v) is 2.95. The van der Waals surface area contributed by atoms with Crippen LogP contribution < -0.4 is 5.32 Å². The van der Waals surface area contributed by atoms with E-state index >= 15 is 0 Å². The van der Waals surface area contributed by atoms with E-state index in [0.29, 0.717) is 5.92 Å². The van der Waals surface area contributed by atoms with E-state index in [9.17, 15) is 0 Å². The molecule has 0 saturated carbocycles. The van der Waals surface area contributed by atoms with E-state index in [4.69, 9.17) is 0 Å². The fraction of sp³-hybridized carbons (Fsp3) is 0.600. The fourth-order valence-corrected chi connectivity index (χ4v) is 1.77. The van der Waals surface area contributed by atoms with Crippen molar-refractivity contribution in [3.05, 3.63) is 35.4 Å². The van der Waals surface area contributed by atoms with E-state index in [1.54, 1.807) is 0 Å². The lowest BCUT2D eigenvalue weighted by molar-refractivity contribution is 0.525. The van der Waals surface area contributed by atoms with Crippen molar-refractivity contribution < 1.29 is 0 Å². The topological polar surface area (TPSA) is 12.0 Å². The van der Waals surface area contributed by atoms with Gasteiger partial charge in [0.2, 0.25) is 0 Å². The Morgan fingerprint density at radius 3 is 2.25 bits per heavy atom. The maximum absolute atomic E-state index is 3.50. The van der Waals surface area contributed by atoms with Gasteiger partial charge in [-0.3, -0.25) is 0 Å². The van der Waals surface area contributed by atoms with Crippen molar-refractivity contribution >= 4 is 0 Å². The molecule has 0 spiro atoms. The standard InChI is InChI=1S/C15H25N/c1-12(2)11-16-10-9-14(4)15-7-5-13(3)6-8-15/h5-8,12,14,16H,9-11H2,1-4H3. The molecule has 0 bridgehead atoms. The molecule has 1 unspecified atom stereocenters. The van der Waals surface area contributed by atoms with Crippen LogP contribution in [0, 0.1) is 12.8 Å². The molecule has 1 aromatic carbocycles. The molecule has 1 heteroatoms. The third-order valence-electron chi connectivity index (χ3n) is 2.95. The molecule has 0 saturated heterocycles. The summed E-state index contributed by atoms with van der Waals surface area (Å²) < 4.78 is 0. The molecular weight excluding hydrogens is 194 g/mol. The molecule has 0 aliphatic carbocycles. The Bertz CT molecular complexity index is 287. The summed E-state index contributed by atoms with van der Waals surface area (Å²) in [5, 5.41) is 3.50. The molecule has 1 nitrogen and oxygen atoms in total. The molecule has 0 heterocycles. The number of rotatable bonds is 6. The van der Waals surface area contributed by atoms with Crippen molar-refractivity contribution in [2.24, 2.45) is 5.92 Å². The smallest absolute Gasteiger partial charge is 0.00258 e. The van der Waals surface area contributed by atoms with Gasteiger partial charge in [0.25, 0.3) is 0 Å². The highest BCUT2D eigenvalue weighted by molar-refractivity contribution is 5.23. The van der Waals surface area contributed by atoms with E-state index in [-0.39, 0.29) is 0 Å². The van der Waals surface area contributed by atoms with Gasteiger partial charge in [-0.15, -0.1) is 0 Å². The lowest BCUT2D eigenvalue weighted by Crippen LogP contribution is -2.21. The van der Waals surface area contributed by atoms with Crippen LogP contribution in [0.5, 0.6) is 0 Å². The quantitative estimate of drug-likeness (QED) is 0.719. The van der Waals surface area contributed by atoms with Crippen molar-refractivity contribution in [2.75, 3.05) is 13.1 Å². The van der Waals surface area contributed by atoms with Crippen LogP contribution in [0.4, 0.5) is 0 Å². The average molecular weight is 219 g/mol. The first-order chi connectivity index (χ1) is 7.59. The molecule has 0 aliphatic rings. The molecule has 0 fully saturated rings. The van der Waals surface area contributed by atoms with Crippen LogP contribution in [-0.2, 0) is 0 Å². The molecule has 1 atom stereocenters. The normalized spacial score (nSPS) is 13.1. The van der Waals surface area contributed by atoms with Gasteiger partial charge in [0.15, 0.2) is 0 Å². The van der Waals surface area contributed by atoms with Gasteiger partial charge in [0, 0.05) is 0 Å². The molecular formula is C15H25N. The van der Waals surface area contributed by atoms with Crippen LogP contribution in [-0.4, -0.2) is 13.1 Å². The highest BCUT2D eigenvalue weighted by Gasteiger charge is 2.04. The zero-order valence-corrected chi connectivity index (χ0v) is 11.1. The minimum absolute atomic E-state index is 0.653. The first-order valence-electron chi connectivity index (χ1n) is 6.37. The predicted molar refractivity (Wildman–Crippen MR) is 71.9 cm³/mol. The van der Waals surface area contributed by atoms with Crippen molar-refractivity contribution in [1.29, 1.82) is 0 Å². The van der Waals surface area contributed by atoms with E-state index in [0.717, 1.165) is 19.0 Å². The Morgan fingerprint density at radius 2 is 1.69 bits per heavy atom. The largest absolute Gasteiger partial charge is 0.316 e. The average Bonchev–Trinajstić information content (AvgIpc) is 2.25. The zero-order chi connectivity index (χ0) is 12.0. The second-order valence-electron chi connectivity index (χ2n) is 5.20. The Morgan fingerprint density at radius 1 is 1.06 bits per heavy atom. The Balaban J connectivity index is 2.29. The van der Waals surface area contributed by atoms with Gasteiger partial charge in [-0.05, 0) is 43.8 Å². The van der Waals surface area contributed by atoms with Crippen LogP contribution in [0.15, 0.2) is 24.3 Å². The number of nitrogens with one attached hydrogen (secondary N) is 1. The SMILES string of the molecule is Cc1ccc(C(C)CCNCC(C)C)cc1. The van der Waals surface area contributed by atoms with E-state index < -0.39 is 0 Å². The molecule has 16 heavy (non-hydrogen) atoms. The number of hydrogen-bond donors (Lipinski definition) is 1. The van der Waals surface area contributed by atoms with Gasteiger partial charge in [-0.1, -0.05) is 50.6 Å². The summed E-state index contributed by atoms with van der Waals surface area (Å²) in [4.78, 5) is 0. The molecule has 0 aliphatic heterocycles. The molecule has 1 N–H and O–H groups in total. The lowest BCUT2D eigenvalue weighted by atomic mass is 9.97. The van der Waals surface area contributed by atoms with Crippen molar-refractivity contribution in [3.8, 4) is 0 Å². The summed E-state index contributed by atoms with van der Waals surface area (Å²) in [5.41, 5.74) is 2.80. The second kappa shape index (κ2) is 6.70. The van der Waals surface area contributed by atoms with Crippen LogP contribution >= 0.6 is 0 Å². The number of aryl methyl sites for hydroxylation is 1. The van der Waals surface area contributed by atoms with Crippen molar-refractivity contribution in [3.63, 3.8) is 0 Å². The van der Waals surface area contributed by atoms with Crippen molar-refractivity contribution in [2.45, 2.75) is 40.0 Å². The van der Waals surface area contributed by atoms with Gasteiger partial charge < -0.3 is 5.32 Å². The van der Waals surface area contributed by atoms with Gasteiger partial charge >= 0.3 is 0 Å². The maximum atomic E-state index is 3.50. The van der Waals surface area contributed by atoms with Crippen LogP contribution in [0.25, 0.3) is 0 Å². The van der Waals surface area contributed by atoms with E-state index in [1.807, 2.05) is 0 Å². The molecule has 1 aromatic rings. The first kappa shape index (κ1) is 13.2. The van der Waals surface area contributed by atoms with E-state index in [2.05, 4.69) is 57.3 Å². The fourth-order valence-electron chi connectivity index (χ4n) is 1.77. The highest BCUT2D eigenvalue weighted by atomic mass is 14.8. The third kappa shape index (κ3) is 4.80. The summed E-state index contributed by atoms with van der Waals surface area (Å²) in [6.07, 6.45) is 1.22. The lowest BCUT2D eigenvalue weighted by Gasteiger charge is -2.13. The number of hydrogen-bond acceptors (Lipinski definition) is 1. The van der Waals surface area contributed by atoms with E-state index in [1.165, 1.54) is 17.5 Å². The summed E-state index contributed by atoms with van der Waals surface area (Å²) >= 11 is 0. The Labute approximate surface area is 100 Å². The predicted octanol–water partition coefficient (Wildman–Crippen LogP) is 3.73. The summed E-state index contributed by atoms with van der Waals surface area (Å²) in [6, 6.07) is 8.91. The first-order valence-corrected chi connectivity index (χ1v) is 6.37. The molecule has 1 rings (SSSR count). The summed E-state index contributed by atoms with van der Waals surface area (Å²) in [5.74, 6) is 1.40. The molecule has 0 aromatic heterocycles. The van der Waals surface area contributed by atoms with Gasteiger partial charge in [-0.25, -0.2) is 0 Å². The molecule has 0 amide bonds. The van der Waals surface area contributed by atoms with Gasteiger partial charge in [-0.2, -0.15) is 0 Å². The van der Waals surface area contributed by atoms with Crippen LogP contribution in [0.1, 0.15) is 44.2 Å². The highest BCUT2D eigenvalue weighted by Crippen LogP contribution is 2.18. The zero-order valence-electron chi connectivity index (χ0n) is 11.1. The second-order valence-corrected chi connectivity index (χ2v) is 5.20. The minimum Gasteiger partial charge on any atom is -0.316 e. The van der Waals surface area contributed by atoms with Crippen LogP contribution in [0.3, 0.4) is 0 Å². The Kier molecular flexibility index (Phi) is 5.54. The van der Waals surface area contributed by atoms with Crippen LogP contribution in [0.2, 0.25) is 0 Å². The van der Waals surface area contributed by atoms with Crippen molar-refractivity contribution in [1.82, 2.24) is 5.32 Å². The minimum atomic E-state index is 0.653. The molecule has 0 radical (unpaired) electrons. The van der Waals surface area contributed by atoms with Gasteiger partial charge in [0.1, 0.15) is 0 Å². The maximum Gasteiger partial charge on any atom is -0.00258 e. The molecule has 90 valence electrons. The van der Waals surface area contributed by atoms with Gasteiger partial charge in [0.05, 0.1) is 0 Å². The monoisotopic (exact) mass is 219 g/mol. The number of benzene rings is 1.